The first-order valence-corrected chi connectivity index (χ1v) is 7.03. The molecule has 0 saturated carbocycles. The van der Waals surface area contributed by atoms with E-state index in [0.717, 1.165) is 32.5 Å². The van der Waals surface area contributed by atoms with Gasteiger partial charge < -0.3 is 25.3 Å². The number of likely N-dealkylation sites (tertiary alicyclic amines) is 1. The zero-order chi connectivity index (χ0) is 15.3. The molecule has 20 heavy (non-hydrogen) atoms. The van der Waals surface area contributed by atoms with Crippen LogP contribution < -0.4 is 5.32 Å². The van der Waals surface area contributed by atoms with Gasteiger partial charge in [-0.1, -0.05) is 6.92 Å². The Kier molecular flexibility index (Phi) is 6.22. The highest BCUT2D eigenvalue weighted by Gasteiger charge is 2.29. The lowest BCUT2D eigenvalue weighted by molar-refractivity contribution is -0.141. The summed E-state index contributed by atoms with van der Waals surface area (Å²) in [6, 6.07) is -1.62. The van der Waals surface area contributed by atoms with E-state index < -0.39 is 24.1 Å². The molecule has 1 rings (SSSR count). The number of amides is 2. The smallest absolute Gasteiger partial charge is 0.328 e. The summed E-state index contributed by atoms with van der Waals surface area (Å²) in [7, 11) is 1.67. The number of carbonyl (C=O) groups excluding carboxylic acids is 1. The summed E-state index contributed by atoms with van der Waals surface area (Å²) in [5, 5.41) is 20.7. The van der Waals surface area contributed by atoms with Crippen LogP contribution in [-0.2, 0) is 4.79 Å². The normalized spacial score (nSPS) is 20.2. The molecule has 0 aromatic heterocycles. The molecule has 1 aliphatic rings. The number of hydrogen-bond acceptors (Lipinski definition) is 4. The molecule has 1 fully saturated rings. The second-order valence-corrected chi connectivity index (χ2v) is 5.28. The predicted molar refractivity (Wildman–Crippen MR) is 74.5 cm³/mol. The number of carbonyl (C=O) groups is 2. The standard InChI is InChI=1S/C13H25N3O4/c1-4-16-7-5-10(6-8-16)15(3)13(20)14-11(9(2)17)12(18)19/h9-11,17H,4-8H2,1-3H3,(H,14,20)(H,18,19). The quantitative estimate of drug-likeness (QED) is 0.659. The highest BCUT2D eigenvalue weighted by Crippen LogP contribution is 2.15. The summed E-state index contributed by atoms with van der Waals surface area (Å²) >= 11 is 0. The average Bonchev–Trinajstić information content (AvgIpc) is 2.43. The van der Waals surface area contributed by atoms with Gasteiger partial charge in [0, 0.05) is 26.2 Å². The van der Waals surface area contributed by atoms with Crippen molar-refractivity contribution in [2.24, 2.45) is 0 Å². The summed E-state index contributed by atoms with van der Waals surface area (Å²) in [5.74, 6) is -1.23. The highest BCUT2D eigenvalue weighted by atomic mass is 16.4. The summed E-state index contributed by atoms with van der Waals surface area (Å²) in [6.45, 7) is 6.34. The van der Waals surface area contributed by atoms with E-state index in [1.54, 1.807) is 11.9 Å². The Morgan fingerprint density at radius 1 is 1.40 bits per heavy atom. The maximum absolute atomic E-state index is 12.0. The third kappa shape index (κ3) is 4.35. The van der Waals surface area contributed by atoms with Crippen LogP contribution in [0.2, 0.25) is 0 Å². The van der Waals surface area contributed by atoms with Crippen molar-refractivity contribution in [2.75, 3.05) is 26.7 Å². The van der Waals surface area contributed by atoms with Crippen molar-refractivity contribution in [2.45, 2.75) is 44.9 Å². The molecule has 1 aliphatic heterocycles. The van der Waals surface area contributed by atoms with E-state index in [0.29, 0.717) is 0 Å². The minimum atomic E-state index is -1.28. The molecule has 2 atom stereocenters. The largest absolute Gasteiger partial charge is 0.480 e. The van der Waals surface area contributed by atoms with Crippen LogP contribution in [0.5, 0.6) is 0 Å². The minimum Gasteiger partial charge on any atom is -0.480 e. The Hall–Kier alpha value is -1.34. The lowest BCUT2D eigenvalue weighted by Crippen LogP contribution is -2.55. The van der Waals surface area contributed by atoms with Gasteiger partial charge in [0.05, 0.1) is 6.10 Å². The maximum Gasteiger partial charge on any atom is 0.328 e. The monoisotopic (exact) mass is 287 g/mol. The molecule has 3 N–H and O–H groups in total. The zero-order valence-corrected chi connectivity index (χ0v) is 12.4. The van der Waals surface area contributed by atoms with E-state index in [2.05, 4.69) is 17.1 Å². The fourth-order valence-electron chi connectivity index (χ4n) is 2.41. The van der Waals surface area contributed by atoms with E-state index >= 15 is 0 Å². The Labute approximate surface area is 119 Å². The molecule has 2 amide bonds. The van der Waals surface area contributed by atoms with E-state index in [1.165, 1.54) is 6.92 Å². The van der Waals surface area contributed by atoms with Gasteiger partial charge in [-0.15, -0.1) is 0 Å². The van der Waals surface area contributed by atoms with Crippen molar-refractivity contribution in [3.63, 3.8) is 0 Å². The van der Waals surface area contributed by atoms with Crippen LogP contribution in [0.1, 0.15) is 26.7 Å². The second-order valence-electron chi connectivity index (χ2n) is 5.28. The van der Waals surface area contributed by atoms with Gasteiger partial charge in [-0.2, -0.15) is 0 Å². The molecule has 7 heteroatoms. The van der Waals surface area contributed by atoms with E-state index in [1.807, 2.05) is 0 Å². The molecule has 0 aromatic rings. The minimum absolute atomic E-state index is 0.112. The molecule has 0 aromatic carbocycles. The van der Waals surface area contributed by atoms with Crippen LogP contribution in [0.25, 0.3) is 0 Å². The zero-order valence-electron chi connectivity index (χ0n) is 12.4. The van der Waals surface area contributed by atoms with Crippen LogP contribution >= 0.6 is 0 Å². The van der Waals surface area contributed by atoms with E-state index in [-0.39, 0.29) is 6.04 Å². The van der Waals surface area contributed by atoms with Crippen LogP contribution in [0.4, 0.5) is 4.79 Å². The predicted octanol–water partition coefficient (Wildman–Crippen LogP) is -0.0539. The fourth-order valence-corrected chi connectivity index (χ4v) is 2.41. The molecule has 2 unspecified atom stereocenters. The number of nitrogens with zero attached hydrogens (tertiary/aromatic N) is 2. The Balaban J connectivity index is 2.52. The van der Waals surface area contributed by atoms with Crippen molar-refractivity contribution < 1.29 is 19.8 Å². The Morgan fingerprint density at radius 3 is 2.35 bits per heavy atom. The van der Waals surface area contributed by atoms with Gasteiger partial charge in [-0.3, -0.25) is 0 Å². The summed E-state index contributed by atoms with van der Waals surface area (Å²) in [5.41, 5.74) is 0. The Bertz CT molecular complexity index is 341. The van der Waals surface area contributed by atoms with Gasteiger partial charge in [-0.05, 0) is 26.3 Å². The Morgan fingerprint density at radius 2 is 1.95 bits per heavy atom. The van der Waals surface area contributed by atoms with Crippen molar-refractivity contribution >= 4 is 12.0 Å². The first-order chi connectivity index (χ1) is 9.36. The number of aliphatic hydroxyl groups is 1. The van der Waals surface area contributed by atoms with Crippen LogP contribution in [0.15, 0.2) is 0 Å². The van der Waals surface area contributed by atoms with Gasteiger partial charge in [0.2, 0.25) is 0 Å². The molecule has 0 aliphatic carbocycles. The molecule has 0 spiro atoms. The van der Waals surface area contributed by atoms with Gasteiger partial charge in [-0.25, -0.2) is 9.59 Å². The van der Waals surface area contributed by atoms with Crippen molar-refractivity contribution in [3.05, 3.63) is 0 Å². The number of urea groups is 1. The topological polar surface area (TPSA) is 93.1 Å². The SMILES string of the molecule is CCN1CCC(N(C)C(=O)NC(C(=O)O)C(C)O)CC1. The first-order valence-electron chi connectivity index (χ1n) is 7.03. The van der Waals surface area contributed by atoms with E-state index in [9.17, 15) is 14.7 Å². The number of aliphatic carboxylic acids is 1. The lowest BCUT2D eigenvalue weighted by atomic mass is 10.0. The third-order valence-corrected chi connectivity index (χ3v) is 3.90. The first kappa shape index (κ1) is 16.7. The molecule has 1 heterocycles. The molecular formula is C13H25N3O4. The summed E-state index contributed by atoms with van der Waals surface area (Å²) in [6.07, 6.45) is 0.626. The summed E-state index contributed by atoms with van der Waals surface area (Å²) in [4.78, 5) is 26.9. The molecule has 0 radical (unpaired) electrons. The summed E-state index contributed by atoms with van der Waals surface area (Å²) < 4.78 is 0. The van der Waals surface area contributed by atoms with Gasteiger partial charge in [0.1, 0.15) is 0 Å². The lowest BCUT2D eigenvalue weighted by Gasteiger charge is -2.36. The van der Waals surface area contributed by atoms with Crippen LogP contribution in [-0.4, -0.2) is 76.9 Å². The van der Waals surface area contributed by atoms with Crippen molar-refractivity contribution in [1.82, 2.24) is 15.1 Å². The van der Waals surface area contributed by atoms with Gasteiger partial charge >= 0.3 is 12.0 Å². The highest BCUT2D eigenvalue weighted by molar-refractivity contribution is 5.83. The van der Waals surface area contributed by atoms with Crippen molar-refractivity contribution in [3.8, 4) is 0 Å². The molecule has 7 nitrogen and oxygen atoms in total. The molecular weight excluding hydrogens is 262 g/mol. The molecule has 0 bridgehead atoms. The van der Waals surface area contributed by atoms with E-state index in [4.69, 9.17) is 5.11 Å². The second kappa shape index (κ2) is 7.44. The number of nitrogens with one attached hydrogen (secondary N) is 1. The van der Waals surface area contributed by atoms with Gasteiger partial charge in [0.25, 0.3) is 0 Å². The molecule has 116 valence electrons. The number of rotatable bonds is 5. The fraction of sp³-hybridized carbons (Fsp3) is 0.846. The van der Waals surface area contributed by atoms with Crippen molar-refractivity contribution in [1.29, 1.82) is 0 Å². The third-order valence-electron chi connectivity index (χ3n) is 3.90. The number of carboxylic acids is 1. The maximum atomic E-state index is 12.0. The number of carboxylic acid groups (broad SMARTS) is 1. The van der Waals surface area contributed by atoms with Crippen LogP contribution in [0.3, 0.4) is 0 Å². The average molecular weight is 287 g/mol. The molecule has 1 saturated heterocycles. The van der Waals surface area contributed by atoms with Crippen LogP contribution in [0, 0.1) is 0 Å². The number of aliphatic hydroxyl groups excluding tert-OH is 1. The number of hydrogen-bond donors (Lipinski definition) is 3. The number of piperidine rings is 1. The van der Waals surface area contributed by atoms with Gasteiger partial charge in [0.15, 0.2) is 6.04 Å².